The second-order valence-corrected chi connectivity index (χ2v) is 5.53. The van der Waals surface area contributed by atoms with E-state index in [9.17, 15) is 24.6 Å². The Hall–Kier alpha value is -3.35. The largest absolute Gasteiger partial charge is 0.507 e. The number of carboxylic acid groups (broad SMARTS) is 1. The van der Waals surface area contributed by atoms with Gasteiger partial charge in [-0.15, -0.1) is 0 Å². The molecule has 7 nitrogen and oxygen atoms in total. The zero-order valence-corrected chi connectivity index (χ0v) is 13.7. The van der Waals surface area contributed by atoms with E-state index in [0.717, 1.165) is 0 Å². The fraction of sp³-hybridized carbons (Fsp3) is 0.167. The Bertz CT molecular complexity index is 957. The number of phenols is 1. The summed E-state index contributed by atoms with van der Waals surface area (Å²) in [5, 5.41) is 19.6. The molecule has 25 heavy (non-hydrogen) atoms. The summed E-state index contributed by atoms with van der Waals surface area (Å²) in [5.41, 5.74) is -0.262. The number of ether oxygens (including phenoxy) is 2. The summed E-state index contributed by atoms with van der Waals surface area (Å²) < 4.78 is 10.1. The number of hydrogen-bond acceptors (Lipinski definition) is 6. The Labute approximate surface area is 142 Å². The van der Waals surface area contributed by atoms with Crippen molar-refractivity contribution in [2.45, 2.75) is 6.92 Å². The molecule has 0 fully saturated rings. The Morgan fingerprint density at radius 3 is 2.16 bits per heavy atom. The third-order valence-electron chi connectivity index (χ3n) is 4.25. The van der Waals surface area contributed by atoms with Crippen LogP contribution in [0.15, 0.2) is 18.2 Å². The molecule has 0 atom stereocenters. The van der Waals surface area contributed by atoms with Crippen molar-refractivity contribution in [3.63, 3.8) is 0 Å². The molecule has 0 aliphatic heterocycles. The van der Waals surface area contributed by atoms with Gasteiger partial charge in [-0.3, -0.25) is 9.59 Å². The standard InChI is InChI=1S/C18H14O7/c1-7-13-10(6-12(25-3)14(7)18(22)23)16(20)9-4-8(24-2)5-11(19)15(9)17(13)21/h4-6,19H,1-3H3,(H,22,23). The van der Waals surface area contributed by atoms with E-state index >= 15 is 0 Å². The number of aromatic carboxylic acids is 1. The summed E-state index contributed by atoms with van der Waals surface area (Å²) in [4.78, 5) is 37.3. The van der Waals surface area contributed by atoms with Gasteiger partial charge in [-0.05, 0) is 24.6 Å². The molecule has 0 saturated heterocycles. The number of carbonyl (C=O) groups is 3. The monoisotopic (exact) mass is 342 g/mol. The third kappa shape index (κ3) is 2.24. The molecular weight excluding hydrogens is 328 g/mol. The maximum Gasteiger partial charge on any atom is 0.339 e. The van der Waals surface area contributed by atoms with Crippen LogP contribution in [-0.4, -0.2) is 42.0 Å². The van der Waals surface area contributed by atoms with Crippen molar-refractivity contribution in [3.8, 4) is 17.2 Å². The van der Waals surface area contributed by atoms with Gasteiger partial charge in [0.2, 0.25) is 0 Å². The van der Waals surface area contributed by atoms with Crippen LogP contribution >= 0.6 is 0 Å². The van der Waals surface area contributed by atoms with Gasteiger partial charge in [0.15, 0.2) is 11.6 Å². The van der Waals surface area contributed by atoms with Crippen LogP contribution in [0.25, 0.3) is 0 Å². The predicted molar refractivity (Wildman–Crippen MR) is 86.2 cm³/mol. The molecule has 0 radical (unpaired) electrons. The molecule has 0 aromatic heterocycles. The molecule has 2 aromatic rings. The lowest BCUT2D eigenvalue weighted by Gasteiger charge is -2.22. The summed E-state index contributed by atoms with van der Waals surface area (Å²) in [5.74, 6) is -2.59. The van der Waals surface area contributed by atoms with E-state index in [1.165, 1.54) is 39.3 Å². The molecule has 7 heteroatoms. The van der Waals surface area contributed by atoms with E-state index in [-0.39, 0.29) is 44.9 Å². The number of fused-ring (bicyclic) bond motifs is 2. The molecule has 2 aromatic carbocycles. The first-order chi connectivity index (χ1) is 11.8. The molecule has 3 rings (SSSR count). The highest BCUT2D eigenvalue weighted by atomic mass is 16.5. The average molecular weight is 342 g/mol. The van der Waals surface area contributed by atoms with Gasteiger partial charge in [0.1, 0.15) is 22.8 Å². The van der Waals surface area contributed by atoms with Crippen molar-refractivity contribution in [3.05, 3.63) is 51.6 Å². The fourth-order valence-corrected chi connectivity index (χ4v) is 3.09. The maximum atomic E-state index is 12.9. The van der Waals surface area contributed by atoms with Gasteiger partial charge in [-0.2, -0.15) is 0 Å². The number of ketones is 2. The summed E-state index contributed by atoms with van der Waals surface area (Å²) in [6, 6.07) is 3.84. The molecule has 0 saturated carbocycles. The zero-order chi connectivity index (χ0) is 18.5. The normalized spacial score (nSPS) is 12.4. The number of aromatic hydroxyl groups is 1. The van der Waals surface area contributed by atoms with Crippen molar-refractivity contribution in [2.24, 2.45) is 0 Å². The molecule has 2 N–H and O–H groups in total. The molecule has 128 valence electrons. The number of rotatable bonds is 3. The predicted octanol–water partition coefficient (Wildman–Crippen LogP) is 2.19. The lowest BCUT2D eigenvalue weighted by molar-refractivity contribution is 0.0692. The Balaban J connectivity index is 2.38. The van der Waals surface area contributed by atoms with Crippen molar-refractivity contribution in [2.75, 3.05) is 14.2 Å². The highest BCUT2D eigenvalue weighted by Gasteiger charge is 2.36. The summed E-state index contributed by atoms with van der Waals surface area (Å²) >= 11 is 0. The van der Waals surface area contributed by atoms with Crippen LogP contribution in [0.3, 0.4) is 0 Å². The molecule has 0 heterocycles. The minimum Gasteiger partial charge on any atom is -0.507 e. The molecule has 0 unspecified atom stereocenters. The van der Waals surface area contributed by atoms with Gasteiger partial charge >= 0.3 is 5.97 Å². The second-order valence-electron chi connectivity index (χ2n) is 5.53. The van der Waals surface area contributed by atoms with Crippen LogP contribution in [0, 0.1) is 6.92 Å². The van der Waals surface area contributed by atoms with Gasteiger partial charge in [0, 0.05) is 22.8 Å². The number of methoxy groups -OCH3 is 2. The Morgan fingerprint density at radius 2 is 1.60 bits per heavy atom. The lowest BCUT2D eigenvalue weighted by atomic mass is 9.80. The number of carbonyl (C=O) groups excluding carboxylic acids is 2. The number of benzene rings is 2. The highest BCUT2D eigenvalue weighted by molar-refractivity contribution is 6.30. The molecule has 0 spiro atoms. The highest BCUT2D eigenvalue weighted by Crippen LogP contribution is 2.40. The molecule has 1 aliphatic rings. The topological polar surface area (TPSA) is 110 Å². The van der Waals surface area contributed by atoms with Gasteiger partial charge in [-0.25, -0.2) is 4.79 Å². The quantitative estimate of drug-likeness (QED) is 0.750. The van der Waals surface area contributed by atoms with E-state index in [2.05, 4.69) is 0 Å². The minimum absolute atomic E-state index is 0.00104. The number of phenolic OH excluding ortho intramolecular Hbond substituents is 1. The van der Waals surface area contributed by atoms with E-state index in [4.69, 9.17) is 9.47 Å². The van der Waals surface area contributed by atoms with Crippen molar-refractivity contribution >= 4 is 17.5 Å². The van der Waals surface area contributed by atoms with Gasteiger partial charge < -0.3 is 19.7 Å². The third-order valence-corrected chi connectivity index (χ3v) is 4.25. The molecule has 0 amide bonds. The minimum atomic E-state index is -1.28. The first kappa shape index (κ1) is 16.5. The van der Waals surface area contributed by atoms with E-state index in [1.807, 2.05) is 0 Å². The zero-order valence-electron chi connectivity index (χ0n) is 13.7. The SMILES string of the molecule is COc1cc(O)c2c(c1)C(=O)c1cc(OC)c(C(=O)O)c(C)c1C2=O. The molecule has 0 bridgehead atoms. The lowest BCUT2D eigenvalue weighted by Crippen LogP contribution is -2.24. The van der Waals surface area contributed by atoms with Gasteiger partial charge in [-0.1, -0.05) is 0 Å². The van der Waals surface area contributed by atoms with Crippen LogP contribution in [0.5, 0.6) is 17.2 Å². The van der Waals surface area contributed by atoms with E-state index in [0.29, 0.717) is 0 Å². The summed E-state index contributed by atoms with van der Waals surface area (Å²) in [6.07, 6.45) is 0. The first-order valence-corrected chi connectivity index (χ1v) is 7.27. The number of carboxylic acids is 1. The number of hydrogen-bond donors (Lipinski definition) is 2. The average Bonchev–Trinajstić information content (AvgIpc) is 2.57. The van der Waals surface area contributed by atoms with E-state index in [1.54, 1.807) is 0 Å². The van der Waals surface area contributed by atoms with Crippen LogP contribution in [0.4, 0.5) is 0 Å². The van der Waals surface area contributed by atoms with Gasteiger partial charge in [0.05, 0.1) is 19.8 Å². The smallest absolute Gasteiger partial charge is 0.339 e. The van der Waals surface area contributed by atoms with Crippen LogP contribution in [0.1, 0.15) is 47.8 Å². The summed E-state index contributed by atoms with van der Waals surface area (Å²) in [6.45, 7) is 1.43. The molecule has 1 aliphatic carbocycles. The van der Waals surface area contributed by atoms with Crippen LogP contribution in [0.2, 0.25) is 0 Å². The molecular formula is C18H14O7. The Morgan fingerprint density at radius 1 is 0.960 bits per heavy atom. The summed E-state index contributed by atoms with van der Waals surface area (Å²) in [7, 11) is 2.65. The van der Waals surface area contributed by atoms with Crippen LogP contribution in [-0.2, 0) is 0 Å². The van der Waals surface area contributed by atoms with E-state index < -0.39 is 23.3 Å². The van der Waals surface area contributed by atoms with Crippen LogP contribution < -0.4 is 9.47 Å². The Kier molecular flexibility index (Phi) is 3.71. The maximum absolute atomic E-state index is 12.9. The second kappa shape index (κ2) is 5.62. The van der Waals surface area contributed by atoms with Crippen molar-refractivity contribution in [1.82, 2.24) is 0 Å². The fourth-order valence-electron chi connectivity index (χ4n) is 3.09. The first-order valence-electron chi connectivity index (χ1n) is 7.27. The van der Waals surface area contributed by atoms with Crippen molar-refractivity contribution < 1.29 is 34.1 Å². The van der Waals surface area contributed by atoms with Crippen molar-refractivity contribution in [1.29, 1.82) is 0 Å². The van der Waals surface area contributed by atoms with Gasteiger partial charge in [0.25, 0.3) is 0 Å².